The number of rotatable bonds is 3. The van der Waals surface area contributed by atoms with Gasteiger partial charge in [0.25, 0.3) is 0 Å². The van der Waals surface area contributed by atoms with Crippen molar-refractivity contribution in [3.8, 4) is 27.9 Å². The van der Waals surface area contributed by atoms with Crippen LogP contribution >= 0.6 is 11.3 Å². The molecule has 4 heteroatoms. The number of hydrogen-bond donors (Lipinski definition) is 0. The Balaban J connectivity index is 1.05. The lowest BCUT2D eigenvalue weighted by Gasteiger charge is -2.29. The summed E-state index contributed by atoms with van der Waals surface area (Å²) in [7, 11) is 0. The molecule has 12 aromatic rings. The van der Waals surface area contributed by atoms with Crippen LogP contribution in [0.4, 0.5) is 34.1 Å². The van der Waals surface area contributed by atoms with Gasteiger partial charge in [-0.15, -0.1) is 11.3 Å². The van der Waals surface area contributed by atoms with E-state index in [9.17, 15) is 0 Å². The van der Waals surface area contributed by atoms with Crippen LogP contribution in [-0.4, -0.2) is 4.57 Å². The lowest BCUT2D eigenvalue weighted by Crippen LogP contribution is -2.11. The van der Waals surface area contributed by atoms with E-state index in [-0.39, 0.29) is 0 Å². The Hall–Kier alpha value is -7.92. The molecule has 2 aromatic heterocycles. The summed E-state index contributed by atoms with van der Waals surface area (Å²) in [6.45, 7) is 0. The van der Waals surface area contributed by atoms with Crippen LogP contribution in [0.1, 0.15) is 0 Å². The molecule has 0 N–H and O–H groups in total. The number of nitrogens with zero attached hydrogens (tertiary/aromatic N) is 3. The predicted octanol–water partition coefficient (Wildman–Crippen LogP) is 16.9. The zero-order valence-corrected chi connectivity index (χ0v) is 34.4. The summed E-state index contributed by atoms with van der Waals surface area (Å²) in [6, 6.07) is 82.7. The van der Waals surface area contributed by atoms with E-state index in [0.717, 1.165) is 56.4 Å². The molecule has 13 rings (SSSR count). The lowest BCUT2D eigenvalue weighted by molar-refractivity contribution is 1.20. The van der Waals surface area contributed by atoms with Crippen LogP contribution < -0.4 is 9.80 Å². The van der Waals surface area contributed by atoms with Crippen LogP contribution in [0, 0.1) is 0 Å². The maximum Gasteiger partial charge on any atom is 0.0562 e. The van der Waals surface area contributed by atoms with Crippen molar-refractivity contribution in [3.05, 3.63) is 224 Å². The third-order valence-corrected chi connectivity index (χ3v) is 13.8. The quantitative estimate of drug-likeness (QED) is 0.176. The second kappa shape index (κ2) is 13.8. The fraction of sp³-hybridized carbons (Fsp3) is 0. The number of hydrogen-bond acceptors (Lipinski definition) is 3. The molecule has 290 valence electrons. The van der Waals surface area contributed by atoms with Crippen LogP contribution in [-0.2, 0) is 0 Å². The van der Waals surface area contributed by atoms with Crippen LogP contribution in [0.15, 0.2) is 224 Å². The average Bonchev–Trinajstić information content (AvgIpc) is 3.88. The van der Waals surface area contributed by atoms with Crippen molar-refractivity contribution in [1.82, 2.24) is 4.57 Å². The van der Waals surface area contributed by atoms with Crippen molar-refractivity contribution in [2.45, 2.75) is 0 Å². The largest absolute Gasteiger partial charge is 0.310 e. The SMILES string of the molecule is c1cc2cc(c1)N(c1ccc3c(c1)sc1ccccc13)c1cccc(c1)-c1cccc(c1)N(c1cccc3c1c1ccccc1n3-c1cccc3ccccc13)c1cccc-2c1. The fourth-order valence-electron chi connectivity index (χ4n) is 9.88. The van der Waals surface area contributed by atoms with Gasteiger partial charge in [0.05, 0.1) is 22.4 Å². The highest BCUT2D eigenvalue weighted by molar-refractivity contribution is 7.25. The summed E-state index contributed by atoms with van der Waals surface area (Å²) in [5.74, 6) is 0. The Morgan fingerprint density at radius 2 is 0.774 bits per heavy atom. The monoisotopic (exact) mass is 807 g/mol. The minimum absolute atomic E-state index is 1.09. The second-order valence-electron chi connectivity index (χ2n) is 16.2. The zero-order chi connectivity index (χ0) is 40.7. The Labute approximate surface area is 363 Å². The van der Waals surface area contributed by atoms with Crippen molar-refractivity contribution in [2.24, 2.45) is 0 Å². The molecule has 0 atom stereocenters. The minimum atomic E-state index is 1.09. The highest BCUT2D eigenvalue weighted by Crippen LogP contribution is 2.47. The predicted molar refractivity (Wildman–Crippen MR) is 265 cm³/mol. The van der Waals surface area contributed by atoms with E-state index < -0.39 is 0 Å². The summed E-state index contributed by atoms with van der Waals surface area (Å²) >= 11 is 1.86. The Bertz CT molecular complexity index is 3650. The first-order chi connectivity index (χ1) is 30.7. The first-order valence-electron chi connectivity index (χ1n) is 21.2. The Morgan fingerprint density at radius 3 is 1.47 bits per heavy atom. The molecule has 10 aromatic carbocycles. The van der Waals surface area contributed by atoms with Gasteiger partial charge < -0.3 is 14.4 Å². The molecule has 0 aliphatic carbocycles. The molecular weight excluding hydrogens is 771 g/mol. The Kier molecular flexibility index (Phi) is 7.78. The molecule has 0 radical (unpaired) electrons. The van der Waals surface area contributed by atoms with E-state index in [1.54, 1.807) is 0 Å². The van der Waals surface area contributed by atoms with Gasteiger partial charge in [0, 0.05) is 64.8 Å². The normalized spacial score (nSPS) is 12.5. The zero-order valence-electron chi connectivity index (χ0n) is 33.6. The highest BCUT2D eigenvalue weighted by atomic mass is 32.1. The molecule has 1 aliphatic rings. The molecule has 1 aliphatic heterocycles. The molecule has 8 bridgehead atoms. The maximum atomic E-state index is 2.46. The fourth-order valence-corrected chi connectivity index (χ4v) is 11.0. The van der Waals surface area contributed by atoms with Gasteiger partial charge in [-0.2, -0.15) is 0 Å². The topological polar surface area (TPSA) is 11.4 Å². The van der Waals surface area contributed by atoms with Crippen LogP contribution in [0.5, 0.6) is 0 Å². The van der Waals surface area contributed by atoms with Crippen molar-refractivity contribution in [3.63, 3.8) is 0 Å². The number of thiophene rings is 1. The van der Waals surface area contributed by atoms with Crippen molar-refractivity contribution >= 4 is 98.2 Å². The number of anilines is 6. The van der Waals surface area contributed by atoms with E-state index in [1.807, 2.05) is 11.3 Å². The van der Waals surface area contributed by atoms with Gasteiger partial charge in [-0.25, -0.2) is 0 Å². The van der Waals surface area contributed by atoms with Crippen LogP contribution in [0.3, 0.4) is 0 Å². The Morgan fingerprint density at radius 1 is 0.290 bits per heavy atom. The smallest absolute Gasteiger partial charge is 0.0562 e. The van der Waals surface area contributed by atoms with E-state index >= 15 is 0 Å². The van der Waals surface area contributed by atoms with E-state index in [4.69, 9.17) is 0 Å². The maximum absolute atomic E-state index is 2.46. The molecule has 3 nitrogen and oxygen atoms in total. The van der Waals surface area contributed by atoms with E-state index in [2.05, 4.69) is 239 Å². The number of fused-ring (bicyclic) bond motifs is 17. The molecule has 0 spiro atoms. The third-order valence-electron chi connectivity index (χ3n) is 12.6. The molecular formula is C58H37N3S. The number of para-hydroxylation sites is 1. The first kappa shape index (κ1) is 34.9. The van der Waals surface area contributed by atoms with Crippen LogP contribution in [0.2, 0.25) is 0 Å². The van der Waals surface area contributed by atoms with Gasteiger partial charge in [0.2, 0.25) is 0 Å². The van der Waals surface area contributed by atoms with Crippen molar-refractivity contribution in [2.75, 3.05) is 9.80 Å². The standard InChI is InChI=1S/C58H37N3S/c1-2-23-48-38(13-1)14-11-27-52(48)61-53-26-5-3-25-51(53)58-54(28-12-29-55(58)61)60-45-21-9-17-41(35-45)39-15-7-19-43(33-39)59(44-20-8-16-40(34-44)42-18-10-22-46(60)36-42)47-31-32-50-49-24-4-6-30-56(49)62-57(50)37-47/h1-37H. The average molecular weight is 808 g/mol. The summed E-state index contributed by atoms with van der Waals surface area (Å²) in [6.07, 6.45) is 0. The highest BCUT2D eigenvalue weighted by Gasteiger charge is 2.23. The summed E-state index contributed by atoms with van der Waals surface area (Å²) in [4.78, 5) is 4.87. The number of benzene rings is 10. The van der Waals surface area contributed by atoms with Gasteiger partial charge in [-0.3, -0.25) is 0 Å². The van der Waals surface area contributed by atoms with Crippen LogP contribution in [0.25, 0.3) is 80.7 Å². The second-order valence-corrected chi connectivity index (χ2v) is 17.3. The number of aromatic nitrogens is 1. The summed E-state index contributed by atoms with van der Waals surface area (Å²) in [5, 5.41) is 7.49. The molecule has 3 heterocycles. The summed E-state index contributed by atoms with van der Waals surface area (Å²) in [5.41, 5.74) is 14.8. The summed E-state index contributed by atoms with van der Waals surface area (Å²) < 4.78 is 5.05. The molecule has 0 fully saturated rings. The van der Waals surface area contributed by atoms with Gasteiger partial charge >= 0.3 is 0 Å². The van der Waals surface area contributed by atoms with Gasteiger partial charge in [0.15, 0.2) is 0 Å². The van der Waals surface area contributed by atoms with Crippen molar-refractivity contribution in [1.29, 1.82) is 0 Å². The van der Waals surface area contributed by atoms with Gasteiger partial charge in [0.1, 0.15) is 0 Å². The van der Waals surface area contributed by atoms with Crippen molar-refractivity contribution < 1.29 is 0 Å². The molecule has 0 saturated heterocycles. The van der Waals surface area contributed by atoms with Gasteiger partial charge in [-0.1, -0.05) is 133 Å². The third kappa shape index (κ3) is 5.44. The lowest BCUT2D eigenvalue weighted by atomic mass is 9.99. The molecule has 0 unspecified atom stereocenters. The van der Waals surface area contributed by atoms with E-state index in [1.165, 1.54) is 58.4 Å². The minimum Gasteiger partial charge on any atom is -0.310 e. The first-order valence-corrected chi connectivity index (χ1v) is 22.0. The van der Waals surface area contributed by atoms with Gasteiger partial charge in [-0.05, 0) is 119 Å². The molecule has 0 saturated carbocycles. The molecule has 0 amide bonds. The molecule has 62 heavy (non-hydrogen) atoms. The van der Waals surface area contributed by atoms with E-state index in [0.29, 0.717) is 0 Å².